The standard InChI is InChI=1S/C11H19BrO/c1-7-8-3-2-4-11(13)9(8)5-6-10(7)12/h7-11,13H,2-6H2,1H3. The number of hydrogen-bond acceptors (Lipinski definition) is 1. The Balaban J connectivity index is 2.08. The van der Waals surface area contributed by atoms with E-state index in [4.69, 9.17) is 0 Å². The van der Waals surface area contributed by atoms with Crippen LogP contribution in [0, 0.1) is 17.8 Å². The summed E-state index contributed by atoms with van der Waals surface area (Å²) in [7, 11) is 0. The highest BCUT2D eigenvalue weighted by Crippen LogP contribution is 2.45. The molecule has 2 aliphatic carbocycles. The van der Waals surface area contributed by atoms with Crippen LogP contribution in [0.15, 0.2) is 0 Å². The van der Waals surface area contributed by atoms with Crippen LogP contribution >= 0.6 is 15.9 Å². The summed E-state index contributed by atoms with van der Waals surface area (Å²) in [6.07, 6.45) is 6.09. The van der Waals surface area contributed by atoms with Crippen molar-refractivity contribution in [3.05, 3.63) is 0 Å². The molecule has 5 unspecified atom stereocenters. The molecule has 2 fully saturated rings. The highest BCUT2D eigenvalue weighted by atomic mass is 79.9. The summed E-state index contributed by atoms with van der Waals surface area (Å²) < 4.78 is 0. The topological polar surface area (TPSA) is 20.2 Å². The average Bonchev–Trinajstić information content (AvgIpc) is 2.12. The zero-order valence-corrected chi connectivity index (χ0v) is 9.83. The molecule has 0 aliphatic heterocycles. The first-order valence-corrected chi connectivity index (χ1v) is 6.44. The smallest absolute Gasteiger partial charge is 0.0571 e. The summed E-state index contributed by atoms with van der Waals surface area (Å²) >= 11 is 3.75. The van der Waals surface area contributed by atoms with E-state index >= 15 is 0 Å². The third-order valence-corrected chi connectivity index (χ3v) is 5.39. The Kier molecular flexibility index (Phi) is 2.99. The van der Waals surface area contributed by atoms with Gasteiger partial charge >= 0.3 is 0 Å². The lowest BCUT2D eigenvalue weighted by atomic mass is 9.65. The summed E-state index contributed by atoms with van der Waals surface area (Å²) in [5.74, 6) is 2.15. The summed E-state index contributed by atoms with van der Waals surface area (Å²) in [6.45, 7) is 2.34. The molecular weight excluding hydrogens is 228 g/mol. The minimum Gasteiger partial charge on any atom is -0.393 e. The van der Waals surface area contributed by atoms with E-state index in [0.29, 0.717) is 10.7 Å². The van der Waals surface area contributed by atoms with Crippen LogP contribution in [-0.4, -0.2) is 16.0 Å². The first kappa shape index (κ1) is 9.97. The molecule has 0 spiro atoms. The molecule has 2 heteroatoms. The second kappa shape index (κ2) is 3.90. The third kappa shape index (κ3) is 1.80. The fraction of sp³-hybridized carbons (Fsp3) is 1.00. The molecule has 76 valence electrons. The lowest BCUT2D eigenvalue weighted by molar-refractivity contribution is -0.00832. The maximum atomic E-state index is 9.89. The number of aliphatic hydroxyl groups is 1. The van der Waals surface area contributed by atoms with Gasteiger partial charge in [0.05, 0.1) is 6.10 Å². The molecule has 2 rings (SSSR count). The summed E-state index contributed by atoms with van der Waals surface area (Å²) in [5, 5.41) is 9.89. The molecule has 0 saturated heterocycles. The predicted molar refractivity (Wildman–Crippen MR) is 58.0 cm³/mol. The van der Waals surface area contributed by atoms with Gasteiger partial charge in [-0.2, -0.15) is 0 Å². The van der Waals surface area contributed by atoms with Crippen LogP contribution in [0.4, 0.5) is 0 Å². The zero-order valence-electron chi connectivity index (χ0n) is 8.25. The lowest BCUT2D eigenvalue weighted by Gasteiger charge is -2.44. The molecule has 0 aromatic carbocycles. The van der Waals surface area contributed by atoms with Crippen molar-refractivity contribution in [3.63, 3.8) is 0 Å². The van der Waals surface area contributed by atoms with Crippen molar-refractivity contribution in [2.75, 3.05) is 0 Å². The van der Waals surface area contributed by atoms with E-state index in [9.17, 15) is 5.11 Å². The Morgan fingerprint density at radius 2 is 1.85 bits per heavy atom. The Hall–Kier alpha value is 0.440. The molecule has 0 aromatic rings. The van der Waals surface area contributed by atoms with E-state index < -0.39 is 0 Å². The van der Waals surface area contributed by atoms with Gasteiger partial charge in [-0.1, -0.05) is 29.3 Å². The van der Waals surface area contributed by atoms with Crippen molar-refractivity contribution in [1.29, 1.82) is 0 Å². The Morgan fingerprint density at radius 3 is 2.62 bits per heavy atom. The van der Waals surface area contributed by atoms with Crippen molar-refractivity contribution in [3.8, 4) is 0 Å². The zero-order chi connectivity index (χ0) is 9.42. The van der Waals surface area contributed by atoms with Crippen LogP contribution in [0.3, 0.4) is 0 Å². The lowest BCUT2D eigenvalue weighted by Crippen LogP contribution is -2.42. The monoisotopic (exact) mass is 246 g/mol. The van der Waals surface area contributed by atoms with E-state index in [2.05, 4.69) is 22.9 Å². The molecule has 2 saturated carbocycles. The SMILES string of the molecule is CC1C(Br)CCC2C(O)CCCC12. The van der Waals surface area contributed by atoms with Gasteiger partial charge in [0.2, 0.25) is 0 Å². The normalized spacial score (nSPS) is 51.5. The fourth-order valence-corrected chi connectivity index (χ4v) is 3.87. The Labute approximate surface area is 89.0 Å². The van der Waals surface area contributed by atoms with Crippen LogP contribution in [-0.2, 0) is 0 Å². The van der Waals surface area contributed by atoms with Crippen LogP contribution in [0.2, 0.25) is 0 Å². The van der Waals surface area contributed by atoms with Gasteiger partial charge in [-0.15, -0.1) is 0 Å². The van der Waals surface area contributed by atoms with Crippen molar-refractivity contribution >= 4 is 15.9 Å². The van der Waals surface area contributed by atoms with Gasteiger partial charge in [0, 0.05) is 4.83 Å². The van der Waals surface area contributed by atoms with Gasteiger partial charge in [-0.25, -0.2) is 0 Å². The third-order valence-electron chi connectivity index (χ3n) is 4.10. The molecule has 0 amide bonds. The first-order valence-electron chi connectivity index (χ1n) is 5.52. The number of halogens is 1. The van der Waals surface area contributed by atoms with Crippen LogP contribution < -0.4 is 0 Å². The first-order chi connectivity index (χ1) is 6.20. The molecule has 13 heavy (non-hydrogen) atoms. The molecule has 0 heterocycles. The second-order valence-corrected chi connectivity index (χ2v) is 5.95. The molecule has 5 atom stereocenters. The number of hydrogen-bond donors (Lipinski definition) is 1. The van der Waals surface area contributed by atoms with Crippen molar-refractivity contribution in [2.24, 2.45) is 17.8 Å². The highest BCUT2D eigenvalue weighted by Gasteiger charge is 2.40. The Morgan fingerprint density at radius 1 is 1.08 bits per heavy atom. The second-order valence-electron chi connectivity index (χ2n) is 4.78. The van der Waals surface area contributed by atoms with Crippen molar-refractivity contribution in [1.82, 2.24) is 0 Å². The van der Waals surface area contributed by atoms with Gasteiger partial charge in [-0.05, 0) is 43.4 Å². The van der Waals surface area contributed by atoms with E-state index in [0.717, 1.165) is 18.3 Å². The minimum absolute atomic E-state index is 0.00111. The highest BCUT2D eigenvalue weighted by molar-refractivity contribution is 9.09. The summed E-state index contributed by atoms with van der Waals surface area (Å²) in [4.78, 5) is 0.694. The Bertz CT molecular complexity index is 183. The molecule has 2 aliphatic rings. The summed E-state index contributed by atoms with van der Waals surface area (Å²) in [5.41, 5.74) is 0. The quantitative estimate of drug-likeness (QED) is 0.652. The van der Waals surface area contributed by atoms with E-state index in [-0.39, 0.29) is 6.10 Å². The molecule has 0 radical (unpaired) electrons. The number of aliphatic hydroxyl groups excluding tert-OH is 1. The van der Waals surface area contributed by atoms with Gasteiger partial charge in [0.25, 0.3) is 0 Å². The number of rotatable bonds is 0. The predicted octanol–water partition coefficient (Wildman–Crippen LogP) is 2.96. The van der Waals surface area contributed by atoms with Gasteiger partial charge in [0.15, 0.2) is 0 Å². The molecule has 1 N–H and O–H groups in total. The van der Waals surface area contributed by atoms with E-state index in [1.165, 1.54) is 25.7 Å². The van der Waals surface area contributed by atoms with Gasteiger partial charge < -0.3 is 5.11 Å². The molecular formula is C11H19BrO. The average molecular weight is 247 g/mol. The largest absolute Gasteiger partial charge is 0.393 e. The maximum Gasteiger partial charge on any atom is 0.0571 e. The van der Waals surface area contributed by atoms with E-state index in [1.807, 2.05) is 0 Å². The minimum atomic E-state index is 0.00111. The number of alkyl halides is 1. The van der Waals surface area contributed by atoms with Crippen LogP contribution in [0.5, 0.6) is 0 Å². The molecule has 0 bridgehead atoms. The summed E-state index contributed by atoms with van der Waals surface area (Å²) in [6, 6.07) is 0. The maximum absolute atomic E-state index is 9.89. The fourth-order valence-electron chi connectivity index (χ4n) is 3.22. The van der Waals surface area contributed by atoms with E-state index in [1.54, 1.807) is 0 Å². The molecule has 0 aromatic heterocycles. The molecule has 1 nitrogen and oxygen atoms in total. The van der Waals surface area contributed by atoms with Crippen LogP contribution in [0.25, 0.3) is 0 Å². The van der Waals surface area contributed by atoms with Crippen molar-refractivity contribution < 1.29 is 5.11 Å². The van der Waals surface area contributed by atoms with Gasteiger partial charge in [0.1, 0.15) is 0 Å². The van der Waals surface area contributed by atoms with Gasteiger partial charge in [-0.3, -0.25) is 0 Å². The van der Waals surface area contributed by atoms with Crippen LogP contribution in [0.1, 0.15) is 39.0 Å². The van der Waals surface area contributed by atoms with Crippen molar-refractivity contribution in [2.45, 2.75) is 50.0 Å². The number of fused-ring (bicyclic) bond motifs is 1.